The summed E-state index contributed by atoms with van der Waals surface area (Å²) in [6.07, 6.45) is 3.52. The first kappa shape index (κ1) is 11.3. The van der Waals surface area contributed by atoms with Gasteiger partial charge in [-0.25, -0.2) is 9.97 Å². The summed E-state index contributed by atoms with van der Waals surface area (Å²) in [7, 11) is 0. The molecule has 5 nitrogen and oxygen atoms in total. The lowest BCUT2D eigenvalue weighted by Crippen LogP contribution is -2.51. The van der Waals surface area contributed by atoms with E-state index in [9.17, 15) is 0 Å². The van der Waals surface area contributed by atoms with E-state index >= 15 is 0 Å². The Hall–Kier alpha value is -1.75. The molecule has 2 N–H and O–H groups in total. The maximum Gasteiger partial charge on any atom is 0.156 e. The minimum absolute atomic E-state index is 0.453. The van der Waals surface area contributed by atoms with E-state index in [0.29, 0.717) is 12.0 Å². The van der Waals surface area contributed by atoms with Gasteiger partial charge < -0.3 is 10.6 Å². The van der Waals surface area contributed by atoms with Crippen molar-refractivity contribution >= 4 is 16.9 Å². The Balaban J connectivity index is 1.99. The van der Waals surface area contributed by atoms with Crippen LogP contribution in [-0.4, -0.2) is 34.1 Å². The quantitative estimate of drug-likeness (QED) is 0.856. The Bertz CT molecular complexity index is 562. The van der Waals surface area contributed by atoms with Gasteiger partial charge in [0.25, 0.3) is 0 Å². The van der Waals surface area contributed by atoms with Gasteiger partial charge in [0.15, 0.2) is 5.82 Å². The third-order valence-electron chi connectivity index (χ3n) is 3.29. The van der Waals surface area contributed by atoms with Gasteiger partial charge in [0.2, 0.25) is 0 Å². The van der Waals surface area contributed by atoms with E-state index < -0.39 is 0 Å². The first-order chi connectivity index (χ1) is 8.74. The minimum Gasteiger partial charge on any atom is -0.363 e. The molecule has 94 valence electrons. The fraction of sp³-hybridized carbons (Fsp3) is 0.462. The zero-order valence-corrected chi connectivity index (χ0v) is 10.6. The lowest BCUT2D eigenvalue weighted by molar-refractivity contribution is 0.471. The first-order valence-electron chi connectivity index (χ1n) is 6.32. The van der Waals surface area contributed by atoms with Gasteiger partial charge in [-0.2, -0.15) is 0 Å². The van der Waals surface area contributed by atoms with Gasteiger partial charge >= 0.3 is 0 Å². The molecule has 0 saturated carbocycles. The van der Waals surface area contributed by atoms with Crippen LogP contribution >= 0.6 is 0 Å². The van der Waals surface area contributed by atoms with Crippen LogP contribution < -0.4 is 10.6 Å². The average molecular weight is 243 g/mol. The standard InChI is InChI=1S/C13H17N5/c1-8(2)9-3-11-12(15-4-9)13(17-7-16-11)18-10-5-14-6-10/h3-4,7-8,10,14H,5-6H2,1-2H3,(H,16,17,18). The van der Waals surface area contributed by atoms with Crippen molar-refractivity contribution in [1.82, 2.24) is 20.3 Å². The van der Waals surface area contributed by atoms with E-state index in [0.717, 1.165) is 29.9 Å². The van der Waals surface area contributed by atoms with Crippen LogP contribution in [0.1, 0.15) is 25.3 Å². The van der Waals surface area contributed by atoms with Crippen LogP contribution in [0.2, 0.25) is 0 Å². The monoisotopic (exact) mass is 243 g/mol. The van der Waals surface area contributed by atoms with E-state index in [-0.39, 0.29) is 0 Å². The summed E-state index contributed by atoms with van der Waals surface area (Å²) in [5.41, 5.74) is 2.97. The lowest BCUT2D eigenvalue weighted by Gasteiger charge is -2.28. The van der Waals surface area contributed by atoms with Gasteiger partial charge in [-0.3, -0.25) is 4.98 Å². The molecule has 0 unspecified atom stereocenters. The van der Waals surface area contributed by atoms with Gasteiger partial charge in [0, 0.05) is 19.3 Å². The zero-order valence-electron chi connectivity index (χ0n) is 10.6. The Morgan fingerprint density at radius 2 is 2.11 bits per heavy atom. The number of rotatable bonds is 3. The molecule has 3 rings (SSSR count). The predicted octanol–water partition coefficient (Wildman–Crippen LogP) is 1.53. The second-order valence-corrected chi connectivity index (χ2v) is 5.01. The Morgan fingerprint density at radius 1 is 1.28 bits per heavy atom. The molecule has 1 saturated heterocycles. The minimum atomic E-state index is 0.453. The molecule has 0 aromatic carbocycles. The van der Waals surface area contributed by atoms with Crippen LogP contribution in [-0.2, 0) is 0 Å². The number of nitrogens with zero attached hydrogens (tertiary/aromatic N) is 3. The van der Waals surface area contributed by atoms with Crippen molar-refractivity contribution < 1.29 is 0 Å². The highest BCUT2D eigenvalue weighted by molar-refractivity contribution is 5.85. The molecule has 0 radical (unpaired) electrons. The van der Waals surface area contributed by atoms with Gasteiger partial charge in [0.05, 0.1) is 11.6 Å². The van der Waals surface area contributed by atoms with Crippen molar-refractivity contribution in [3.8, 4) is 0 Å². The van der Waals surface area contributed by atoms with Crippen LogP contribution in [0.25, 0.3) is 11.0 Å². The van der Waals surface area contributed by atoms with Crippen molar-refractivity contribution in [1.29, 1.82) is 0 Å². The summed E-state index contributed by atoms with van der Waals surface area (Å²) >= 11 is 0. The van der Waals surface area contributed by atoms with Crippen molar-refractivity contribution in [3.63, 3.8) is 0 Å². The number of hydrogen-bond acceptors (Lipinski definition) is 5. The maximum atomic E-state index is 4.51. The third kappa shape index (κ3) is 2.01. The normalized spacial score (nSPS) is 15.9. The molecule has 18 heavy (non-hydrogen) atoms. The van der Waals surface area contributed by atoms with Crippen LogP contribution in [0.5, 0.6) is 0 Å². The smallest absolute Gasteiger partial charge is 0.156 e. The van der Waals surface area contributed by atoms with Crippen LogP contribution in [0.4, 0.5) is 5.82 Å². The Kier molecular flexibility index (Phi) is 2.83. The molecule has 2 aromatic heterocycles. The predicted molar refractivity (Wildman–Crippen MR) is 71.7 cm³/mol. The van der Waals surface area contributed by atoms with Gasteiger partial charge in [-0.05, 0) is 17.5 Å². The first-order valence-corrected chi connectivity index (χ1v) is 6.32. The molecule has 1 aliphatic rings. The summed E-state index contributed by atoms with van der Waals surface area (Å²) in [5.74, 6) is 1.30. The fourth-order valence-corrected chi connectivity index (χ4v) is 1.96. The molecule has 0 amide bonds. The van der Waals surface area contributed by atoms with Crippen LogP contribution in [0.15, 0.2) is 18.6 Å². The van der Waals surface area contributed by atoms with Crippen molar-refractivity contribution in [2.45, 2.75) is 25.8 Å². The van der Waals surface area contributed by atoms with E-state index in [1.807, 2.05) is 6.20 Å². The van der Waals surface area contributed by atoms with Gasteiger partial charge in [-0.15, -0.1) is 0 Å². The highest BCUT2D eigenvalue weighted by Gasteiger charge is 2.18. The summed E-state index contributed by atoms with van der Waals surface area (Å²) in [6, 6.07) is 2.55. The number of fused-ring (bicyclic) bond motifs is 1. The second-order valence-electron chi connectivity index (χ2n) is 5.01. The van der Waals surface area contributed by atoms with Crippen LogP contribution in [0.3, 0.4) is 0 Å². The van der Waals surface area contributed by atoms with Gasteiger partial charge in [0.1, 0.15) is 11.8 Å². The maximum absolute atomic E-state index is 4.51. The summed E-state index contributed by atoms with van der Waals surface area (Å²) in [6.45, 7) is 6.28. The summed E-state index contributed by atoms with van der Waals surface area (Å²) in [5, 5.41) is 6.62. The number of nitrogens with one attached hydrogen (secondary N) is 2. The molecule has 0 atom stereocenters. The molecule has 2 aromatic rings. The number of pyridine rings is 1. The fourth-order valence-electron chi connectivity index (χ4n) is 1.96. The van der Waals surface area contributed by atoms with E-state index in [1.165, 1.54) is 5.56 Å². The van der Waals surface area contributed by atoms with E-state index in [2.05, 4.69) is 45.5 Å². The van der Waals surface area contributed by atoms with E-state index in [4.69, 9.17) is 0 Å². The lowest BCUT2D eigenvalue weighted by atomic mass is 10.1. The largest absolute Gasteiger partial charge is 0.363 e. The van der Waals surface area contributed by atoms with Gasteiger partial charge in [-0.1, -0.05) is 13.8 Å². The Morgan fingerprint density at radius 3 is 2.78 bits per heavy atom. The summed E-state index contributed by atoms with van der Waals surface area (Å²) < 4.78 is 0. The number of aromatic nitrogens is 3. The molecule has 1 aliphatic heterocycles. The number of anilines is 1. The molecule has 1 fully saturated rings. The molecule has 5 heteroatoms. The SMILES string of the molecule is CC(C)c1cnc2c(NC3CNC3)ncnc2c1. The molecular formula is C13H17N5. The van der Waals surface area contributed by atoms with Crippen molar-refractivity contribution in [2.24, 2.45) is 0 Å². The molecule has 3 heterocycles. The van der Waals surface area contributed by atoms with Crippen molar-refractivity contribution in [2.75, 3.05) is 18.4 Å². The third-order valence-corrected chi connectivity index (χ3v) is 3.29. The van der Waals surface area contributed by atoms with E-state index in [1.54, 1.807) is 6.33 Å². The average Bonchev–Trinajstić information content (AvgIpc) is 2.33. The molecular weight excluding hydrogens is 226 g/mol. The zero-order chi connectivity index (χ0) is 12.5. The summed E-state index contributed by atoms with van der Waals surface area (Å²) in [4.78, 5) is 13.1. The second kappa shape index (κ2) is 4.49. The molecule has 0 bridgehead atoms. The number of hydrogen-bond donors (Lipinski definition) is 2. The topological polar surface area (TPSA) is 62.7 Å². The Labute approximate surface area is 106 Å². The highest BCUT2D eigenvalue weighted by Crippen LogP contribution is 2.22. The molecule has 0 spiro atoms. The van der Waals surface area contributed by atoms with Crippen LogP contribution in [0, 0.1) is 0 Å². The molecule has 0 aliphatic carbocycles. The highest BCUT2D eigenvalue weighted by atomic mass is 15.1. The van der Waals surface area contributed by atoms with Crippen molar-refractivity contribution in [3.05, 3.63) is 24.2 Å².